The highest BCUT2D eigenvalue weighted by atomic mass is 32.1. The van der Waals surface area contributed by atoms with Gasteiger partial charge in [0.2, 0.25) is 0 Å². The van der Waals surface area contributed by atoms with E-state index in [1.807, 2.05) is 30.3 Å². The third kappa shape index (κ3) is 4.40. The topological polar surface area (TPSA) is 51.8 Å². The van der Waals surface area contributed by atoms with Crippen LogP contribution < -0.4 is 0 Å². The minimum atomic E-state index is 0.612. The monoisotopic (exact) mass is 631 g/mol. The Labute approximate surface area is 279 Å². The fourth-order valence-electron chi connectivity index (χ4n) is 6.76. The van der Waals surface area contributed by atoms with Gasteiger partial charge in [-0.15, -0.1) is 11.3 Å². The van der Waals surface area contributed by atoms with Crippen molar-refractivity contribution in [3.8, 4) is 45.3 Å². The van der Waals surface area contributed by atoms with Gasteiger partial charge in [0.1, 0.15) is 11.2 Å². The van der Waals surface area contributed by atoms with Crippen molar-refractivity contribution in [2.24, 2.45) is 0 Å². The number of aromatic nitrogens is 3. The summed E-state index contributed by atoms with van der Waals surface area (Å²) < 4.78 is 8.75. The fourth-order valence-corrected chi connectivity index (χ4v) is 7.85. The minimum Gasteiger partial charge on any atom is -0.456 e. The number of para-hydroxylation sites is 1. The predicted molar refractivity (Wildman–Crippen MR) is 199 cm³/mol. The van der Waals surface area contributed by atoms with Gasteiger partial charge in [-0.1, -0.05) is 109 Å². The Morgan fingerprint density at radius 3 is 1.94 bits per heavy atom. The second-order valence-corrected chi connectivity index (χ2v) is 13.1. The van der Waals surface area contributed by atoms with Crippen LogP contribution in [0.2, 0.25) is 0 Å². The van der Waals surface area contributed by atoms with Crippen molar-refractivity contribution in [3.63, 3.8) is 0 Å². The van der Waals surface area contributed by atoms with Crippen LogP contribution in [0.4, 0.5) is 0 Å². The molecule has 0 atom stereocenters. The zero-order valence-electron chi connectivity index (χ0n) is 25.6. The van der Waals surface area contributed by atoms with Gasteiger partial charge >= 0.3 is 0 Å². The van der Waals surface area contributed by atoms with Crippen molar-refractivity contribution < 1.29 is 4.42 Å². The van der Waals surface area contributed by atoms with Gasteiger partial charge in [0.15, 0.2) is 17.5 Å². The second-order valence-electron chi connectivity index (χ2n) is 12.0. The number of benzene rings is 7. The lowest BCUT2D eigenvalue weighted by Gasteiger charge is -2.10. The van der Waals surface area contributed by atoms with Crippen molar-refractivity contribution in [2.45, 2.75) is 0 Å². The highest BCUT2D eigenvalue weighted by molar-refractivity contribution is 7.25. The Balaban J connectivity index is 1.16. The van der Waals surface area contributed by atoms with E-state index in [4.69, 9.17) is 19.4 Å². The third-order valence-electron chi connectivity index (χ3n) is 9.14. The smallest absolute Gasteiger partial charge is 0.164 e. The number of furan rings is 1. The van der Waals surface area contributed by atoms with Gasteiger partial charge in [0.25, 0.3) is 0 Å². The molecule has 10 aromatic rings. The van der Waals surface area contributed by atoms with E-state index in [1.165, 1.54) is 36.5 Å². The average Bonchev–Trinajstić information content (AvgIpc) is 3.73. The molecule has 224 valence electrons. The van der Waals surface area contributed by atoms with E-state index in [0.717, 1.165) is 44.2 Å². The van der Waals surface area contributed by atoms with Crippen molar-refractivity contribution in [3.05, 3.63) is 152 Å². The number of rotatable bonds is 4. The molecule has 4 nitrogen and oxygen atoms in total. The van der Waals surface area contributed by atoms with Crippen LogP contribution in [-0.2, 0) is 0 Å². The van der Waals surface area contributed by atoms with E-state index < -0.39 is 0 Å². The molecule has 0 spiro atoms. The SMILES string of the molecule is c1ccc2cc(-c3ccc(-c4nc(-c5ccc6sc7ccccc7c6c5)nc(-c5cccc6oc7ccccc7c56)n4)cc3)ccc2c1. The minimum absolute atomic E-state index is 0.612. The lowest BCUT2D eigenvalue weighted by atomic mass is 10.00. The quantitative estimate of drug-likeness (QED) is 0.194. The summed E-state index contributed by atoms with van der Waals surface area (Å²) in [7, 11) is 0. The van der Waals surface area contributed by atoms with Crippen molar-refractivity contribution >= 4 is 64.2 Å². The average molecular weight is 632 g/mol. The Bertz CT molecular complexity index is 2850. The molecule has 0 unspecified atom stereocenters. The molecule has 0 aliphatic carbocycles. The van der Waals surface area contributed by atoms with Crippen LogP contribution >= 0.6 is 11.3 Å². The Hall–Kier alpha value is -6.17. The largest absolute Gasteiger partial charge is 0.456 e. The van der Waals surface area contributed by atoms with Crippen LogP contribution in [0, 0.1) is 0 Å². The number of hydrogen-bond donors (Lipinski definition) is 0. The first-order chi connectivity index (χ1) is 23.7. The zero-order chi connectivity index (χ0) is 31.6. The van der Waals surface area contributed by atoms with E-state index in [9.17, 15) is 0 Å². The fraction of sp³-hybridized carbons (Fsp3) is 0. The molecule has 0 radical (unpaired) electrons. The molecule has 3 aromatic heterocycles. The molecule has 7 aromatic carbocycles. The van der Waals surface area contributed by atoms with Gasteiger partial charge in [-0.05, 0) is 64.4 Å². The van der Waals surface area contributed by atoms with Crippen molar-refractivity contribution in [1.82, 2.24) is 15.0 Å². The summed E-state index contributed by atoms with van der Waals surface area (Å²) in [6, 6.07) is 52.8. The summed E-state index contributed by atoms with van der Waals surface area (Å²) in [6.07, 6.45) is 0. The summed E-state index contributed by atoms with van der Waals surface area (Å²) in [5, 5.41) is 6.95. The lowest BCUT2D eigenvalue weighted by Crippen LogP contribution is -2.00. The Morgan fingerprint density at radius 1 is 0.396 bits per heavy atom. The first-order valence-corrected chi connectivity index (χ1v) is 16.7. The standard InChI is InChI=1S/C43H25N3OS/c1-2-9-29-24-30(21-18-26(29)8-1)27-16-19-28(20-17-27)41-44-42(31-22-23-39-35(25-31)32-10-4-6-15-38(32)48-39)46-43(45-41)34-12-7-14-37-40(34)33-11-3-5-13-36(33)47-37/h1-25H. The van der Waals surface area contributed by atoms with E-state index >= 15 is 0 Å². The van der Waals surface area contributed by atoms with Gasteiger partial charge in [-0.25, -0.2) is 15.0 Å². The predicted octanol–water partition coefficient (Wildman–Crippen LogP) is 12.0. The number of hydrogen-bond acceptors (Lipinski definition) is 5. The summed E-state index contributed by atoms with van der Waals surface area (Å²) in [4.78, 5) is 15.4. The summed E-state index contributed by atoms with van der Waals surface area (Å²) in [6.45, 7) is 0. The van der Waals surface area contributed by atoms with Crippen LogP contribution in [-0.4, -0.2) is 15.0 Å². The Morgan fingerprint density at radius 2 is 1.04 bits per heavy atom. The maximum Gasteiger partial charge on any atom is 0.164 e. The van der Waals surface area contributed by atoms with Crippen LogP contribution in [0.25, 0.3) is 98.2 Å². The van der Waals surface area contributed by atoms with Gasteiger partial charge in [0, 0.05) is 47.6 Å². The molecule has 0 aliphatic heterocycles. The van der Waals surface area contributed by atoms with Crippen LogP contribution in [0.1, 0.15) is 0 Å². The van der Waals surface area contributed by atoms with Crippen LogP contribution in [0.5, 0.6) is 0 Å². The molecule has 0 saturated carbocycles. The van der Waals surface area contributed by atoms with Crippen molar-refractivity contribution in [2.75, 3.05) is 0 Å². The van der Waals surface area contributed by atoms with Gasteiger partial charge in [-0.2, -0.15) is 0 Å². The maximum absolute atomic E-state index is 6.24. The van der Waals surface area contributed by atoms with Gasteiger partial charge in [0.05, 0.1) is 0 Å². The Kier molecular flexibility index (Phi) is 6.01. The normalized spacial score (nSPS) is 11.8. The number of nitrogens with zero attached hydrogens (tertiary/aromatic N) is 3. The maximum atomic E-state index is 6.24. The third-order valence-corrected chi connectivity index (χ3v) is 10.3. The van der Waals surface area contributed by atoms with Gasteiger partial charge < -0.3 is 4.42 Å². The van der Waals surface area contributed by atoms with E-state index in [2.05, 4.69) is 121 Å². The molecule has 0 aliphatic rings. The number of fused-ring (bicyclic) bond motifs is 7. The molecule has 48 heavy (non-hydrogen) atoms. The number of thiophene rings is 1. The summed E-state index contributed by atoms with van der Waals surface area (Å²) >= 11 is 1.81. The highest BCUT2D eigenvalue weighted by Gasteiger charge is 2.18. The molecule has 0 N–H and O–H groups in total. The molecule has 3 heterocycles. The van der Waals surface area contributed by atoms with E-state index in [1.54, 1.807) is 11.3 Å². The van der Waals surface area contributed by atoms with Crippen LogP contribution in [0.3, 0.4) is 0 Å². The molecular formula is C43H25N3OS. The van der Waals surface area contributed by atoms with Crippen LogP contribution in [0.15, 0.2) is 156 Å². The second kappa shape index (κ2) is 10.7. The molecule has 0 amide bonds. The molecule has 5 heteroatoms. The van der Waals surface area contributed by atoms with E-state index in [0.29, 0.717) is 17.5 Å². The molecule has 0 bridgehead atoms. The molecule has 0 saturated heterocycles. The summed E-state index contributed by atoms with van der Waals surface area (Å²) in [5.41, 5.74) is 6.76. The highest BCUT2D eigenvalue weighted by Crippen LogP contribution is 2.39. The first kappa shape index (κ1) is 27.0. The molecule has 0 fully saturated rings. The lowest BCUT2D eigenvalue weighted by molar-refractivity contribution is 0.669. The molecule has 10 rings (SSSR count). The van der Waals surface area contributed by atoms with E-state index in [-0.39, 0.29) is 0 Å². The first-order valence-electron chi connectivity index (χ1n) is 15.9. The van der Waals surface area contributed by atoms with Crippen molar-refractivity contribution in [1.29, 1.82) is 0 Å². The zero-order valence-corrected chi connectivity index (χ0v) is 26.4. The summed E-state index contributed by atoms with van der Waals surface area (Å²) in [5.74, 6) is 1.87. The molecular weight excluding hydrogens is 607 g/mol. The van der Waals surface area contributed by atoms with Gasteiger partial charge in [-0.3, -0.25) is 0 Å².